The van der Waals surface area contributed by atoms with Crippen molar-refractivity contribution in [1.82, 2.24) is 9.55 Å². The van der Waals surface area contributed by atoms with Crippen molar-refractivity contribution in [1.29, 1.82) is 0 Å². The molecule has 0 aliphatic carbocycles. The third-order valence-corrected chi connectivity index (χ3v) is 4.95. The highest BCUT2D eigenvalue weighted by molar-refractivity contribution is 6.06. The average Bonchev–Trinajstić information content (AvgIpc) is 3.23. The van der Waals surface area contributed by atoms with Crippen molar-refractivity contribution in [2.75, 3.05) is 11.9 Å². The zero-order valence-electron chi connectivity index (χ0n) is 17.2. The third kappa shape index (κ3) is 4.64. The predicted octanol–water partition coefficient (Wildman–Crippen LogP) is 5.23. The molecule has 4 aromatic rings. The number of rotatable bonds is 7. The summed E-state index contributed by atoms with van der Waals surface area (Å²) in [7, 11) is 0. The molecule has 1 N–H and O–H groups in total. The molecule has 0 unspecified atom stereocenters. The molecule has 0 atom stereocenters. The Labute approximate surface area is 180 Å². The lowest BCUT2D eigenvalue weighted by molar-refractivity contribution is 0.0499. The number of aromatic nitrogens is 2. The number of esters is 1. The number of unbranched alkanes of at least 4 members (excludes halogenated alkanes) is 1. The van der Waals surface area contributed by atoms with Crippen LogP contribution in [0.1, 0.15) is 40.5 Å². The number of anilines is 1. The number of para-hydroxylation sites is 1. The monoisotopic (exact) mass is 413 g/mol. The fraction of sp³-hybridized carbons (Fsp3) is 0.160. The Hall–Kier alpha value is -3.93. The number of benzene rings is 3. The Morgan fingerprint density at radius 3 is 2.45 bits per heavy atom. The van der Waals surface area contributed by atoms with Gasteiger partial charge in [0.05, 0.1) is 23.2 Å². The summed E-state index contributed by atoms with van der Waals surface area (Å²) >= 11 is 0. The maximum Gasteiger partial charge on any atom is 0.338 e. The second-order valence-corrected chi connectivity index (χ2v) is 7.17. The van der Waals surface area contributed by atoms with Crippen LogP contribution in [0, 0.1) is 0 Å². The van der Waals surface area contributed by atoms with Crippen molar-refractivity contribution >= 4 is 28.6 Å². The van der Waals surface area contributed by atoms with E-state index >= 15 is 0 Å². The number of hydrogen-bond donors (Lipinski definition) is 1. The van der Waals surface area contributed by atoms with Gasteiger partial charge >= 0.3 is 5.97 Å². The summed E-state index contributed by atoms with van der Waals surface area (Å²) in [5.41, 5.74) is 4.24. The van der Waals surface area contributed by atoms with Crippen molar-refractivity contribution in [2.24, 2.45) is 0 Å². The van der Waals surface area contributed by atoms with E-state index in [1.165, 1.54) is 0 Å². The van der Waals surface area contributed by atoms with Crippen LogP contribution in [0.25, 0.3) is 16.7 Å². The topological polar surface area (TPSA) is 73.2 Å². The minimum Gasteiger partial charge on any atom is -0.462 e. The first-order valence-corrected chi connectivity index (χ1v) is 10.3. The third-order valence-electron chi connectivity index (χ3n) is 4.95. The van der Waals surface area contributed by atoms with E-state index in [0.717, 1.165) is 29.6 Å². The summed E-state index contributed by atoms with van der Waals surface area (Å²) in [6.45, 7) is 2.45. The molecule has 0 saturated carbocycles. The van der Waals surface area contributed by atoms with Gasteiger partial charge in [0.2, 0.25) is 0 Å². The number of nitrogens with zero attached hydrogens (tertiary/aromatic N) is 2. The van der Waals surface area contributed by atoms with Gasteiger partial charge in [-0.15, -0.1) is 0 Å². The fourth-order valence-corrected chi connectivity index (χ4v) is 3.23. The summed E-state index contributed by atoms with van der Waals surface area (Å²) in [5, 5.41) is 2.85. The van der Waals surface area contributed by atoms with E-state index in [0.29, 0.717) is 23.4 Å². The van der Waals surface area contributed by atoms with Crippen LogP contribution in [-0.4, -0.2) is 28.0 Å². The molecule has 3 aromatic carbocycles. The molecule has 6 heteroatoms. The smallest absolute Gasteiger partial charge is 0.338 e. The highest BCUT2D eigenvalue weighted by Crippen LogP contribution is 2.20. The molecular formula is C25H23N3O3. The van der Waals surface area contributed by atoms with E-state index in [1.807, 2.05) is 47.9 Å². The van der Waals surface area contributed by atoms with Crippen LogP contribution in [0.2, 0.25) is 0 Å². The summed E-state index contributed by atoms with van der Waals surface area (Å²) in [6, 6.07) is 22.0. The van der Waals surface area contributed by atoms with E-state index in [2.05, 4.69) is 10.3 Å². The molecule has 0 saturated heterocycles. The van der Waals surface area contributed by atoms with Crippen molar-refractivity contribution in [3.8, 4) is 5.69 Å². The lowest BCUT2D eigenvalue weighted by Gasteiger charge is -2.08. The predicted molar refractivity (Wildman–Crippen MR) is 121 cm³/mol. The molecule has 1 heterocycles. The lowest BCUT2D eigenvalue weighted by atomic mass is 10.1. The highest BCUT2D eigenvalue weighted by atomic mass is 16.5. The maximum absolute atomic E-state index is 12.7. The van der Waals surface area contributed by atoms with Gasteiger partial charge in [0.25, 0.3) is 5.91 Å². The SMILES string of the molecule is CCCCOC(=O)c1ccc(NC(=O)c2ccc3c(c2)ncn3-c2ccccc2)cc1. The molecule has 31 heavy (non-hydrogen) atoms. The van der Waals surface area contributed by atoms with Crippen LogP contribution >= 0.6 is 0 Å². The van der Waals surface area contributed by atoms with Crippen LogP contribution in [0.4, 0.5) is 5.69 Å². The number of carbonyl (C=O) groups excluding carboxylic acids is 2. The van der Waals surface area contributed by atoms with Gasteiger partial charge in [0, 0.05) is 16.9 Å². The van der Waals surface area contributed by atoms with Crippen molar-refractivity contribution in [2.45, 2.75) is 19.8 Å². The van der Waals surface area contributed by atoms with Crippen molar-refractivity contribution in [3.63, 3.8) is 0 Å². The lowest BCUT2D eigenvalue weighted by Crippen LogP contribution is -2.12. The Bertz CT molecular complexity index is 1200. The Kier molecular flexibility index (Phi) is 6.08. The van der Waals surface area contributed by atoms with Crippen molar-refractivity contribution in [3.05, 3.63) is 90.3 Å². The molecule has 0 radical (unpaired) electrons. The molecule has 0 aliphatic rings. The molecule has 1 amide bonds. The fourth-order valence-electron chi connectivity index (χ4n) is 3.23. The van der Waals surface area contributed by atoms with Gasteiger partial charge in [-0.2, -0.15) is 0 Å². The molecule has 6 nitrogen and oxygen atoms in total. The Balaban J connectivity index is 1.45. The molecule has 1 aromatic heterocycles. The zero-order chi connectivity index (χ0) is 21.6. The van der Waals surface area contributed by atoms with Gasteiger partial charge in [-0.25, -0.2) is 9.78 Å². The van der Waals surface area contributed by atoms with Gasteiger partial charge in [0.1, 0.15) is 6.33 Å². The first-order chi connectivity index (χ1) is 15.2. The number of amides is 1. The summed E-state index contributed by atoms with van der Waals surface area (Å²) in [4.78, 5) is 29.1. The number of hydrogen-bond acceptors (Lipinski definition) is 4. The maximum atomic E-state index is 12.7. The first-order valence-electron chi connectivity index (χ1n) is 10.3. The highest BCUT2D eigenvalue weighted by Gasteiger charge is 2.12. The van der Waals surface area contributed by atoms with Gasteiger partial charge in [0.15, 0.2) is 0 Å². The van der Waals surface area contributed by atoms with Crippen LogP contribution in [-0.2, 0) is 4.74 Å². The van der Waals surface area contributed by atoms with Crippen LogP contribution in [0.15, 0.2) is 79.1 Å². The number of fused-ring (bicyclic) bond motifs is 1. The molecule has 0 spiro atoms. The van der Waals surface area contributed by atoms with Gasteiger partial charge in [-0.3, -0.25) is 9.36 Å². The van der Waals surface area contributed by atoms with Crippen LogP contribution in [0.5, 0.6) is 0 Å². The average molecular weight is 413 g/mol. The largest absolute Gasteiger partial charge is 0.462 e. The van der Waals surface area contributed by atoms with Crippen LogP contribution < -0.4 is 5.32 Å². The Morgan fingerprint density at radius 1 is 0.968 bits per heavy atom. The standard InChI is InChI=1S/C25H23N3O3/c1-2-3-15-31-25(30)18-9-12-20(13-10-18)27-24(29)19-11-14-23-22(16-19)26-17-28(23)21-7-5-4-6-8-21/h4-14,16-17H,2-3,15H2,1H3,(H,27,29). The van der Waals surface area contributed by atoms with E-state index < -0.39 is 0 Å². The zero-order valence-corrected chi connectivity index (χ0v) is 17.2. The quantitative estimate of drug-likeness (QED) is 0.332. The second-order valence-electron chi connectivity index (χ2n) is 7.17. The number of imidazole rings is 1. The molecule has 4 rings (SSSR count). The number of nitrogens with one attached hydrogen (secondary N) is 1. The molecule has 0 bridgehead atoms. The van der Waals surface area contributed by atoms with E-state index in [-0.39, 0.29) is 11.9 Å². The molecular weight excluding hydrogens is 390 g/mol. The van der Waals surface area contributed by atoms with Gasteiger partial charge in [-0.1, -0.05) is 31.5 Å². The van der Waals surface area contributed by atoms with E-state index in [1.54, 1.807) is 42.7 Å². The molecule has 0 aliphatic heterocycles. The number of carbonyl (C=O) groups is 2. The van der Waals surface area contributed by atoms with Crippen LogP contribution in [0.3, 0.4) is 0 Å². The summed E-state index contributed by atoms with van der Waals surface area (Å²) < 4.78 is 7.18. The molecule has 0 fully saturated rings. The summed E-state index contributed by atoms with van der Waals surface area (Å²) in [5.74, 6) is -0.597. The van der Waals surface area contributed by atoms with E-state index in [4.69, 9.17) is 4.74 Å². The van der Waals surface area contributed by atoms with Gasteiger partial charge < -0.3 is 10.1 Å². The molecule has 156 valence electrons. The first kappa shape index (κ1) is 20.3. The second kappa shape index (κ2) is 9.26. The number of ether oxygens (including phenoxy) is 1. The van der Waals surface area contributed by atoms with Crippen molar-refractivity contribution < 1.29 is 14.3 Å². The minimum atomic E-state index is -0.356. The summed E-state index contributed by atoms with van der Waals surface area (Å²) in [6.07, 6.45) is 3.56. The minimum absolute atomic E-state index is 0.241. The Morgan fingerprint density at radius 2 is 1.71 bits per heavy atom. The normalized spacial score (nSPS) is 10.7. The van der Waals surface area contributed by atoms with E-state index in [9.17, 15) is 9.59 Å². The van der Waals surface area contributed by atoms with Gasteiger partial charge in [-0.05, 0) is 61.0 Å².